The highest BCUT2D eigenvalue weighted by atomic mass is 16.5. The van der Waals surface area contributed by atoms with E-state index in [1.807, 2.05) is 0 Å². The van der Waals surface area contributed by atoms with Gasteiger partial charge in [0.1, 0.15) is 17.2 Å². The molecule has 6 heteroatoms. The summed E-state index contributed by atoms with van der Waals surface area (Å²) in [5, 5.41) is 0. The van der Waals surface area contributed by atoms with Gasteiger partial charge in [0.15, 0.2) is 0 Å². The topological polar surface area (TPSA) is 55.4 Å². The first-order valence-corrected chi connectivity index (χ1v) is 17.9. The van der Waals surface area contributed by atoms with Crippen molar-refractivity contribution < 1.29 is 28.4 Å². The molecule has 0 radical (unpaired) electrons. The normalized spacial score (nSPS) is 20.2. The lowest BCUT2D eigenvalue weighted by molar-refractivity contribution is -0.0694. The fourth-order valence-electron chi connectivity index (χ4n) is 7.10. The molecule has 0 bridgehead atoms. The van der Waals surface area contributed by atoms with E-state index in [-0.39, 0.29) is 0 Å². The minimum Gasteiger partial charge on any atom is -0.493 e. The molecule has 0 N–H and O–H groups in total. The molecule has 3 fully saturated rings. The predicted octanol–water partition coefficient (Wildman–Crippen LogP) is 8.20. The van der Waals surface area contributed by atoms with Gasteiger partial charge in [0.05, 0.1) is 59.5 Å². The Morgan fingerprint density at radius 2 is 0.745 bits per heavy atom. The molecular weight excluding hydrogens is 588 g/mol. The first-order valence-electron chi connectivity index (χ1n) is 17.9. The molecule has 0 aromatic heterocycles. The molecule has 3 aromatic rings. The second-order valence-electron chi connectivity index (χ2n) is 14.0. The summed E-state index contributed by atoms with van der Waals surface area (Å²) in [6.07, 6.45) is 3.31. The average Bonchev–Trinajstić information content (AvgIpc) is 3.04. The van der Waals surface area contributed by atoms with Crippen LogP contribution in [-0.4, -0.2) is 59.5 Å². The second-order valence-corrected chi connectivity index (χ2v) is 14.0. The van der Waals surface area contributed by atoms with Gasteiger partial charge in [-0.25, -0.2) is 0 Å². The van der Waals surface area contributed by atoms with Gasteiger partial charge in [-0.1, -0.05) is 57.2 Å². The minimum absolute atomic E-state index is 0.394. The maximum absolute atomic E-state index is 6.29. The molecule has 3 aromatic carbocycles. The highest BCUT2D eigenvalue weighted by molar-refractivity contribution is 5.52. The van der Waals surface area contributed by atoms with Crippen LogP contribution in [0, 0.1) is 35.5 Å². The van der Waals surface area contributed by atoms with Crippen molar-refractivity contribution >= 4 is 0 Å². The fraction of sp³-hybridized carbons (Fsp3) is 0.561. The highest BCUT2D eigenvalue weighted by Gasteiger charge is 2.33. The van der Waals surface area contributed by atoms with Crippen molar-refractivity contribution in [2.75, 3.05) is 59.5 Å². The van der Waals surface area contributed by atoms with Gasteiger partial charge in [0.25, 0.3) is 0 Å². The third-order valence-electron chi connectivity index (χ3n) is 11.3. The smallest absolute Gasteiger partial charge is 0.119 e. The Balaban J connectivity index is 1.20. The zero-order valence-corrected chi connectivity index (χ0v) is 28.8. The van der Waals surface area contributed by atoms with Crippen LogP contribution < -0.4 is 14.2 Å². The largest absolute Gasteiger partial charge is 0.493 e. The Kier molecular flexibility index (Phi) is 11.4. The molecule has 3 atom stereocenters. The molecule has 3 heterocycles. The van der Waals surface area contributed by atoms with Gasteiger partial charge in [-0.3, -0.25) is 0 Å². The van der Waals surface area contributed by atoms with E-state index >= 15 is 0 Å². The zero-order valence-electron chi connectivity index (χ0n) is 28.8. The molecule has 3 saturated heterocycles. The molecule has 6 rings (SSSR count). The Labute approximate surface area is 282 Å². The summed E-state index contributed by atoms with van der Waals surface area (Å²) in [4.78, 5) is 0. The van der Waals surface area contributed by atoms with Crippen LogP contribution in [0.5, 0.6) is 17.2 Å². The van der Waals surface area contributed by atoms with Crippen molar-refractivity contribution in [2.24, 2.45) is 35.5 Å². The van der Waals surface area contributed by atoms with E-state index in [2.05, 4.69) is 100 Å². The van der Waals surface area contributed by atoms with E-state index in [9.17, 15) is 0 Å². The summed E-state index contributed by atoms with van der Waals surface area (Å²) in [6, 6.07) is 26.0. The third kappa shape index (κ3) is 7.82. The summed E-state index contributed by atoms with van der Waals surface area (Å²) < 4.78 is 35.2. The van der Waals surface area contributed by atoms with Crippen molar-refractivity contribution in [3.63, 3.8) is 0 Å². The fourth-order valence-corrected chi connectivity index (χ4v) is 7.10. The van der Waals surface area contributed by atoms with Gasteiger partial charge >= 0.3 is 0 Å². The Morgan fingerprint density at radius 1 is 0.489 bits per heavy atom. The van der Waals surface area contributed by atoms with Crippen LogP contribution in [0.25, 0.3) is 0 Å². The van der Waals surface area contributed by atoms with E-state index in [4.69, 9.17) is 28.4 Å². The summed E-state index contributed by atoms with van der Waals surface area (Å²) in [6.45, 7) is 16.4. The number of hydrogen-bond acceptors (Lipinski definition) is 6. The lowest BCUT2D eigenvalue weighted by Gasteiger charge is -2.34. The molecule has 6 nitrogen and oxygen atoms in total. The molecule has 0 aliphatic carbocycles. The number of ether oxygens (including phenoxy) is 6. The molecule has 0 saturated carbocycles. The average molecular weight is 643 g/mol. The van der Waals surface area contributed by atoms with E-state index in [1.165, 1.54) is 16.7 Å². The van der Waals surface area contributed by atoms with Gasteiger partial charge < -0.3 is 28.4 Å². The first-order chi connectivity index (χ1) is 23.0. The summed E-state index contributed by atoms with van der Waals surface area (Å²) in [5.41, 5.74) is 3.23. The minimum atomic E-state index is -0.394. The molecule has 0 amide bonds. The summed E-state index contributed by atoms with van der Waals surface area (Å²) in [7, 11) is 0. The van der Waals surface area contributed by atoms with E-state index in [1.54, 1.807) is 0 Å². The highest BCUT2D eigenvalue weighted by Crippen LogP contribution is 2.41. The van der Waals surface area contributed by atoms with E-state index in [0.29, 0.717) is 35.5 Å². The molecule has 3 unspecified atom stereocenters. The molecule has 47 heavy (non-hydrogen) atoms. The molecule has 254 valence electrons. The van der Waals surface area contributed by atoms with Crippen molar-refractivity contribution in [1.29, 1.82) is 0 Å². The van der Waals surface area contributed by atoms with Crippen LogP contribution in [0.1, 0.15) is 63.6 Å². The molecule has 3 aliphatic rings. The Bertz CT molecular complexity index is 1190. The maximum Gasteiger partial charge on any atom is 0.119 e. The van der Waals surface area contributed by atoms with Crippen LogP contribution in [0.3, 0.4) is 0 Å². The zero-order chi connectivity index (χ0) is 32.6. The summed E-state index contributed by atoms with van der Waals surface area (Å²) >= 11 is 0. The second kappa shape index (κ2) is 15.9. The molecule has 3 aliphatic heterocycles. The van der Waals surface area contributed by atoms with Crippen molar-refractivity contribution in [3.05, 3.63) is 89.5 Å². The quantitative estimate of drug-likeness (QED) is 0.130. The van der Waals surface area contributed by atoms with Crippen LogP contribution in [-0.2, 0) is 19.6 Å². The number of rotatable bonds is 18. The lowest BCUT2D eigenvalue weighted by Crippen LogP contribution is -2.36. The molecule has 0 spiro atoms. The van der Waals surface area contributed by atoms with Crippen molar-refractivity contribution in [1.82, 2.24) is 0 Å². The number of benzene rings is 3. The lowest BCUT2D eigenvalue weighted by atomic mass is 9.71. The third-order valence-corrected chi connectivity index (χ3v) is 11.3. The first kappa shape index (κ1) is 33.8. The van der Waals surface area contributed by atoms with E-state index < -0.39 is 5.41 Å². The summed E-state index contributed by atoms with van der Waals surface area (Å²) in [5.74, 6) is 6.15. The van der Waals surface area contributed by atoms with Gasteiger partial charge in [-0.05, 0) is 97.0 Å². The van der Waals surface area contributed by atoms with Crippen LogP contribution >= 0.6 is 0 Å². The molecular formula is C41H54O6. The standard InChI is InChI=1S/C41H54O6/c1-5-29(32-20-42-21-32)26-45-38-14-8-35(9-15-38)41(4,36-10-16-39(17-11-36)46-27-30(6-2)33-22-43-23-33)37-12-18-40(19-13-37)47-28-31(7-3)34-24-44-25-34/h8-19,29-34H,5-7,20-28H2,1-4H3. The van der Waals surface area contributed by atoms with Crippen LogP contribution in [0.15, 0.2) is 72.8 Å². The van der Waals surface area contributed by atoms with Gasteiger partial charge in [-0.15, -0.1) is 0 Å². The van der Waals surface area contributed by atoms with Gasteiger partial charge in [0, 0.05) is 23.2 Å². The van der Waals surface area contributed by atoms with Gasteiger partial charge in [0.2, 0.25) is 0 Å². The Hall–Kier alpha value is -3.06. The van der Waals surface area contributed by atoms with Crippen LogP contribution in [0.4, 0.5) is 0 Å². The predicted molar refractivity (Wildman–Crippen MR) is 186 cm³/mol. The SMILES string of the molecule is CCC(COc1ccc(C(C)(c2ccc(OCC(CC)C3COC3)cc2)c2ccc(OCC(CC)C3COC3)cc2)cc1)C1COC1. The monoisotopic (exact) mass is 642 g/mol. The van der Waals surface area contributed by atoms with Crippen LogP contribution in [0.2, 0.25) is 0 Å². The maximum atomic E-state index is 6.29. The van der Waals surface area contributed by atoms with Gasteiger partial charge in [-0.2, -0.15) is 0 Å². The number of hydrogen-bond donors (Lipinski definition) is 0. The van der Waals surface area contributed by atoms with E-state index in [0.717, 1.165) is 96.0 Å². The Morgan fingerprint density at radius 3 is 0.936 bits per heavy atom. The van der Waals surface area contributed by atoms with Crippen molar-refractivity contribution in [3.8, 4) is 17.2 Å². The van der Waals surface area contributed by atoms with Crippen molar-refractivity contribution in [2.45, 2.75) is 52.4 Å².